The van der Waals surface area contributed by atoms with Crippen LogP contribution < -0.4 is 10.5 Å². The van der Waals surface area contributed by atoms with Crippen LogP contribution in [0.2, 0.25) is 0 Å². The summed E-state index contributed by atoms with van der Waals surface area (Å²) >= 11 is 1.88. The highest BCUT2D eigenvalue weighted by Gasteiger charge is 2.16. The van der Waals surface area contributed by atoms with Crippen molar-refractivity contribution in [1.29, 1.82) is 0 Å². The number of hydrogen-bond acceptors (Lipinski definition) is 3. The first kappa shape index (κ1) is 14.4. The molecule has 0 unspecified atom stereocenters. The molecule has 0 fully saturated rings. The van der Waals surface area contributed by atoms with Gasteiger partial charge in [-0.3, -0.25) is 0 Å². The molecule has 1 aromatic carbocycles. The van der Waals surface area contributed by atoms with Gasteiger partial charge >= 0.3 is 0 Å². The van der Waals surface area contributed by atoms with Crippen LogP contribution in [0.5, 0.6) is 5.75 Å². The second-order valence-corrected chi connectivity index (χ2v) is 6.26. The van der Waals surface area contributed by atoms with Crippen molar-refractivity contribution in [3.63, 3.8) is 0 Å². The predicted molar refractivity (Wildman–Crippen MR) is 76.0 cm³/mol. The molecule has 3 heteroatoms. The van der Waals surface area contributed by atoms with Crippen molar-refractivity contribution >= 4 is 11.8 Å². The molecule has 0 aliphatic rings. The van der Waals surface area contributed by atoms with Crippen molar-refractivity contribution in [2.24, 2.45) is 11.1 Å². The van der Waals surface area contributed by atoms with Crippen molar-refractivity contribution in [3.05, 3.63) is 23.3 Å². The zero-order chi connectivity index (χ0) is 13.1. The third-order valence-electron chi connectivity index (χ3n) is 2.86. The Morgan fingerprint density at radius 1 is 1.24 bits per heavy atom. The molecule has 96 valence electrons. The molecule has 17 heavy (non-hydrogen) atoms. The van der Waals surface area contributed by atoms with Crippen molar-refractivity contribution in [1.82, 2.24) is 0 Å². The van der Waals surface area contributed by atoms with E-state index in [2.05, 4.69) is 39.8 Å². The highest BCUT2D eigenvalue weighted by atomic mass is 32.2. The Hall–Kier alpha value is -0.670. The second kappa shape index (κ2) is 5.78. The van der Waals surface area contributed by atoms with Crippen LogP contribution in [0.25, 0.3) is 0 Å². The van der Waals surface area contributed by atoms with Gasteiger partial charge in [0.2, 0.25) is 0 Å². The lowest BCUT2D eigenvalue weighted by Gasteiger charge is -2.22. The summed E-state index contributed by atoms with van der Waals surface area (Å²) in [7, 11) is 1.71. The van der Waals surface area contributed by atoms with E-state index in [4.69, 9.17) is 10.5 Å². The predicted octanol–water partition coefficient (Wildman–Crippen LogP) is 3.39. The molecule has 0 aromatic heterocycles. The van der Waals surface area contributed by atoms with Crippen molar-refractivity contribution in [3.8, 4) is 5.75 Å². The van der Waals surface area contributed by atoms with E-state index in [0.717, 1.165) is 11.5 Å². The Balaban J connectivity index is 2.82. The Kier molecular flexibility index (Phi) is 4.90. The fourth-order valence-electron chi connectivity index (χ4n) is 1.47. The van der Waals surface area contributed by atoms with Crippen LogP contribution in [0.1, 0.15) is 25.0 Å². The van der Waals surface area contributed by atoms with E-state index in [1.54, 1.807) is 7.11 Å². The number of hydrogen-bond donors (Lipinski definition) is 1. The van der Waals surface area contributed by atoms with Crippen molar-refractivity contribution < 1.29 is 4.74 Å². The molecule has 0 amide bonds. The Morgan fingerprint density at radius 2 is 1.88 bits per heavy atom. The average molecular weight is 253 g/mol. The minimum Gasteiger partial charge on any atom is -0.496 e. The molecule has 0 radical (unpaired) electrons. The fraction of sp³-hybridized carbons (Fsp3) is 0.571. The standard InChI is InChI=1S/C14H23NOS/c1-10-7-13(11(2)6-12(10)16-5)17-9-14(3,4)8-15/h6-7H,8-9,15H2,1-5H3. The number of methoxy groups -OCH3 is 1. The monoisotopic (exact) mass is 253 g/mol. The minimum absolute atomic E-state index is 0.185. The molecule has 0 saturated heterocycles. The normalized spacial score (nSPS) is 11.6. The quantitative estimate of drug-likeness (QED) is 0.817. The lowest BCUT2D eigenvalue weighted by atomic mass is 9.97. The third kappa shape index (κ3) is 3.93. The summed E-state index contributed by atoms with van der Waals surface area (Å²) in [6.45, 7) is 9.32. The third-order valence-corrected chi connectivity index (χ3v) is 4.54. The summed E-state index contributed by atoms with van der Waals surface area (Å²) in [5.41, 5.74) is 8.39. The van der Waals surface area contributed by atoms with E-state index < -0.39 is 0 Å². The van der Waals surface area contributed by atoms with Crippen LogP contribution in [0.4, 0.5) is 0 Å². The molecule has 0 bridgehead atoms. The molecule has 0 heterocycles. The van der Waals surface area contributed by atoms with Gasteiger partial charge in [-0.2, -0.15) is 0 Å². The van der Waals surface area contributed by atoms with Crippen LogP contribution in [0.3, 0.4) is 0 Å². The number of rotatable bonds is 5. The number of thioether (sulfide) groups is 1. The number of benzene rings is 1. The maximum absolute atomic E-state index is 5.75. The number of nitrogens with two attached hydrogens (primary N) is 1. The van der Waals surface area contributed by atoms with Gasteiger partial charge in [-0.1, -0.05) is 13.8 Å². The highest BCUT2D eigenvalue weighted by Crippen LogP contribution is 2.32. The van der Waals surface area contributed by atoms with Crippen LogP contribution >= 0.6 is 11.8 Å². The average Bonchev–Trinajstić information content (AvgIpc) is 2.29. The Morgan fingerprint density at radius 3 is 2.41 bits per heavy atom. The van der Waals surface area contributed by atoms with Gasteiger partial charge in [0.1, 0.15) is 5.75 Å². The SMILES string of the molecule is COc1cc(C)c(SCC(C)(C)CN)cc1C. The van der Waals surface area contributed by atoms with Crippen LogP contribution in [-0.2, 0) is 0 Å². The van der Waals surface area contributed by atoms with Gasteiger partial charge in [0.05, 0.1) is 7.11 Å². The van der Waals surface area contributed by atoms with Gasteiger partial charge in [0.25, 0.3) is 0 Å². The molecule has 1 aromatic rings. The van der Waals surface area contributed by atoms with Gasteiger partial charge in [0, 0.05) is 10.6 Å². The summed E-state index contributed by atoms with van der Waals surface area (Å²) in [5.74, 6) is 2.00. The van der Waals surface area contributed by atoms with Crippen LogP contribution in [-0.4, -0.2) is 19.4 Å². The first-order valence-corrected chi connectivity index (χ1v) is 6.86. The largest absolute Gasteiger partial charge is 0.496 e. The number of aryl methyl sites for hydroxylation is 2. The van der Waals surface area contributed by atoms with Crippen molar-refractivity contribution in [2.75, 3.05) is 19.4 Å². The van der Waals surface area contributed by atoms with Gasteiger partial charge in [-0.25, -0.2) is 0 Å². The molecule has 0 spiro atoms. The van der Waals surface area contributed by atoms with Gasteiger partial charge < -0.3 is 10.5 Å². The summed E-state index contributed by atoms with van der Waals surface area (Å²) in [6, 6.07) is 4.30. The molecule has 1 rings (SSSR count). The van der Waals surface area contributed by atoms with E-state index in [1.807, 2.05) is 11.8 Å². The summed E-state index contributed by atoms with van der Waals surface area (Å²) in [5, 5.41) is 0. The molecule has 2 nitrogen and oxygen atoms in total. The lowest BCUT2D eigenvalue weighted by Crippen LogP contribution is -2.25. The van der Waals surface area contributed by atoms with E-state index >= 15 is 0 Å². The first-order valence-electron chi connectivity index (χ1n) is 5.88. The van der Waals surface area contributed by atoms with E-state index in [0.29, 0.717) is 6.54 Å². The van der Waals surface area contributed by atoms with E-state index in [1.165, 1.54) is 16.0 Å². The zero-order valence-electron chi connectivity index (χ0n) is 11.5. The van der Waals surface area contributed by atoms with Crippen LogP contribution in [0.15, 0.2) is 17.0 Å². The Labute approximate surface area is 109 Å². The lowest BCUT2D eigenvalue weighted by molar-refractivity contribution is 0.411. The van der Waals surface area contributed by atoms with Crippen molar-refractivity contribution in [2.45, 2.75) is 32.6 Å². The molecule has 0 aliphatic carbocycles. The molecule has 0 aliphatic heterocycles. The van der Waals surface area contributed by atoms with Gasteiger partial charge in [-0.05, 0) is 49.1 Å². The second-order valence-electron chi connectivity index (χ2n) is 5.24. The fourth-order valence-corrected chi connectivity index (χ4v) is 2.68. The maximum atomic E-state index is 5.75. The molecular formula is C14H23NOS. The molecule has 0 saturated carbocycles. The highest BCUT2D eigenvalue weighted by molar-refractivity contribution is 7.99. The molecule has 0 atom stereocenters. The molecular weight excluding hydrogens is 230 g/mol. The first-order chi connectivity index (χ1) is 7.89. The van der Waals surface area contributed by atoms with E-state index in [-0.39, 0.29) is 5.41 Å². The summed E-state index contributed by atoms with van der Waals surface area (Å²) in [6.07, 6.45) is 0. The summed E-state index contributed by atoms with van der Waals surface area (Å²) in [4.78, 5) is 1.32. The minimum atomic E-state index is 0.185. The smallest absolute Gasteiger partial charge is 0.122 e. The Bertz CT molecular complexity index is 388. The van der Waals surface area contributed by atoms with Crippen LogP contribution in [0, 0.1) is 19.3 Å². The number of ether oxygens (including phenoxy) is 1. The summed E-state index contributed by atoms with van der Waals surface area (Å²) < 4.78 is 5.32. The topological polar surface area (TPSA) is 35.2 Å². The maximum Gasteiger partial charge on any atom is 0.122 e. The zero-order valence-corrected chi connectivity index (χ0v) is 12.3. The van der Waals surface area contributed by atoms with E-state index in [9.17, 15) is 0 Å². The molecule has 2 N–H and O–H groups in total. The van der Waals surface area contributed by atoms with Gasteiger partial charge in [-0.15, -0.1) is 11.8 Å². The van der Waals surface area contributed by atoms with Gasteiger partial charge in [0.15, 0.2) is 0 Å².